The summed E-state index contributed by atoms with van der Waals surface area (Å²) in [5.41, 5.74) is -0.485. The van der Waals surface area contributed by atoms with Crippen LogP contribution in [0.2, 0.25) is 5.02 Å². The molecule has 1 aromatic carbocycles. The summed E-state index contributed by atoms with van der Waals surface area (Å²) in [5.74, 6) is -1.65. The van der Waals surface area contributed by atoms with Gasteiger partial charge < -0.3 is 14.5 Å². The molecule has 0 aliphatic carbocycles. The molecule has 2 heterocycles. The molecule has 1 amide bonds. The minimum Gasteiger partial charge on any atom is -0.462 e. The van der Waals surface area contributed by atoms with Gasteiger partial charge in [-0.05, 0) is 32.0 Å². The van der Waals surface area contributed by atoms with E-state index in [4.69, 9.17) is 20.8 Å². The van der Waals surface area contributed by atoms with Gasteiger partial charge >= 0.3 is 5.97 Å². The highest BCUT2D eigenvalue weighted by Gasteiger charge is 2.24. The van der Waals surface area contributed by atoms with Gasteiger partial charge in [-0.3, -0.25) is 14.2 Å². The standard InChI is InChI=1S/C18H15ClFN3O5/c1-3-27-18(26)14-9(2)28-16-15(14)17(25)23(8-21-16)7-13(24)22-12-5-4-10(20)6-11(12)19/h4-6,8H,3,7H2,1-2H3,(H,22,24). The SMILES string of the molecule is CCOC(=O)c1c(C)oc2ncn(CC(=O)Nc3ccc(F)cc3Cl)c(=O)c12. The number of esters is 1. The molecular formula is C18H15ClFN3O5. The Morgan fingerprint density at radius 2 is 2.14 bits per heavy atom. The Kier molecular flexibility index (Phi) is 5.46. The molecule has 0 atom stereocenters. The summed E-state index contributed by atoms with van der Waals surface area (Å²) < 4.78 is 24.4. The zero-order valence-electron chi connectivity index (χ0n) is 14.9. The van der Waals surface area contributed by atoms with Gasteiger partial charge in [0.05, 0.1) is 17.3 Å². The Balaban J connectivity index is 1.92. The van der Waals surface area contributed by atoms with Gasteiger partial charge in [0, 0.05) is 0 Å². The highest BCUT2D eigenvalue weighted by Crippen LogP contribution is 2.23. The molecule has 0 aliphatic heterocycles. The van der Waals surface area contributed by atoms with Gasteiger partial charge in [0.15, 0.2) is 0 Å². The molecule has 146 valence electrons. The van der Waals surface area contributed by atoms with Crippen LogP contribution < -0.4 is 10.9 Å². The molecule has 0 fully saturated rings. The number of carbonyl (C=O) groups is 2. The van der Waals surface area contributed by atoms with E-state index < -0.39 is 29.8 Å². The molecule has 10 heteroatoms. The number of furan rings is 1. The minimum absolute atomic E-state index is 0.0179. The van der Waals surface area contributed by atoms with E-state index in [0.717, 1.165) is 23.0 Å². The third-order valence-corrected chi connectivity index (χ3v) is 4.17. The van der Waals surface area contributed by atoms with Crippen molar-refractivity contribution in [2.45, 2.75) is 20.4 Å². The number of hydrogen-bond acceptors (Lipinski definition) is 6. The monoisotopic (exact) mass is 407 g/mol. The molecule has 2 aromatic heterocycles. The first-order valence-corrected chi connectivity index (χ1v) is 8.60. The summed E-state index contributed by atoms with van der Waals surface area (Å²) in [7, 11) is 0. The van der Waals surface area contributed by atoms with E-state index in [0.29, 0.717) is 0 Å². The van der Waals surface area contributed by atoms with Crippen LogP contribution in [0, 0.1) is 12.7 Å². The van der Waals surface area contributed by atoms with E-state index in [2.05, 4.69) is 10.3 Å². The quantitative estimate of drug-likeness (QED) is 0.652. The van der Waals surface area contributed by atoms with Crippen LogP contribution in [0.4, 0.5) is 10.1 Å². The van der Waals surface area contributed by atoms with Crippen molar-refractivity contribution in [2.24, 2.45) is 0 Å². The summed E-state index contributed by atoms with van der Waals surface area (Å²) in [6.45, 7) is 2.88. The topological polar surface area (TPSA) is 103 Å². The van der Waals surface area contributed by atoms with E-state index in [1.807, 2.05) is 0 Å². The summed E-state index contributed by atoms with van der Waals surface area (Å²) in [6.07, 6.45) is 1.13. The van der Waals surface area contributed by atoms with Crippen LogP contribution in [0.1, 0.15) is 23.0 Å². The number of hydrogen-bond donors (Lipinski definition) is 1. The Morgan fingerprint density at radius 3 is 2.82 bits per heavy atom. The van der Waals surface area contributed by atoms with E-state index in [1.165, 1.54) is 13.0 Å². The predicted octanol–water partition coefficient (Wildman–Crippen LogP) is 2.91. The first-order valence-electron chi connectivity index (χ1n) is 8.22. The van der Waals surface area contributed by atoms with Crippen LogP contribution in [-0.4, -0.2) is 28.0 Å². The van der Waals surface area contributed by atoms with Gasteiger partial charge in [0.2, 0.25) is 11.6 Å². The number of amides is 1. The van der Waals surface area contributed by atoms with Crippen LogP contribution in [0.25, 0.3) is 11.1 Å². The lowest BCUT2D eigenvalue weighted by atomic mass is 10.2. The van der Waals surface area contributed by atoms with Crippen molar-refractivity contribution < 1.29 is 23.1 Å². The van der Waals surface area contributed by atoms with Crippen LogP contribution >= 0.6 is 11.6 Å². The van der Waals surface area contributed by atoms with Gasteiger partial charge in [-0.15, -0.1) is 0 Å². The average Bonchev–Trinajstić information content (AvgIpc) is 2.97. The maximum absolute atomic E-state index is 13.1. The number of rotatable bonds is 5. The third-order valence-electron chi connectivity index (χ3n) is 3.85. The number of nitrogens with zero attached hydrogens (tertiary/aromatic N) is 2. The number of anilines is 1. The number of carbonyl (C=O) groups excluding carboxylic acids is 2. The lowest BCUT2D eigenvalue weighted by molar-refractivity contribution is -0.116. The van der Waals surface area contributed by atoms with Crippen LogP contribution in [0.15, 0.2) is 33.7 Å². The Morgan fingerprint density at radius 1 is 1.39 bits per heavy atom. The Hall–Kier alpha value is -3.20. The molecule has 0 saturated carbocycles. The van der Waals surface area contributed by atoms with Crippen molar-refractivity contribution in [2.75, 3.05) is 11.9 Å². The van der Waals surface area contributed by atoms with Crippen molar-refractivity contribution >= 4 is 40.3 Å². The Labute approximate surface area is 162 Å². The number of fused-ring (bicyclic) bond motifs is 1. The fourth-order valence-corrected chi connectivity index (χ4v) is 2.85. The molecule has 3 aromatic rings. The fourth-order valence-electron chi connectivity index (χ4n) is 2.63. The van der Waals surface area contributed by atoms with E-state index in [1.54, 1.807) is 6.92 Å². The maximum atomic E-state index is 13.1. The smallest absolute Gasteiger partial charge is 0.342 e. The molecule has 0 aliphatic rings. The van der Waals surface area contributed by atoms with Crippen LogP contribution in [-0.2, 0) is 16.1 Å². The van der Waals surface area contributed by atoms with Gasteiger partial charge in [-0.2, -0.15) is 0 Å². The first kappa shape index (κ1) is 19.6. The second-order valence-corrected chi connectivity index (χ2v) is 6.19. The zero-order valence-corrected chi connectivity index (χ0v) is 15.7. The molecule has 0 radical (unpaired) electrons. The number of benzene rings is 1. The molecule has 28 heavy (non-hydrogen) atoms. The number of aromatic nitrogens is 2. The summed E-state index contributed by atoms with van der Waals surface area (Å²) >= 11 is 5.87. The second-order valence-electron chi connectivity index (χ2n) is 5.78. The van der Waals surface area contributed by atoms with Crippen LogP contribution in [0.5, 0.6) is 0 Å². The van der Waals surface area contributed by atoms with E-state index in [9.17, 15) is 18.8 Å². The lowest BCUT2D eigenvalue weighted by Crippen LogP contribution is -2.28. The molecule has 3 rings (SSSR count). The maximum Gasteiger partial charge on any atom is 0.342 e. The summed E-state index contributed by atoms with van der Waals surface area (Å²) in [6, 6.07) is 3.50. The van der Waals surface area contributed by atoms with Crippen molar-refractivity contribution in [1.29, 1.82) is 0 Å². The van der Waals surface area contributed by atoms with E-state index in [-0.39, 0.29) is 39.7 Å². The largest absolute Gasteiger partial charge is 0.462 e. The summed E-state index contributed by atoms with van der Waals surface area (Å²) in [4.78, 5) is 41.2. The molecule has 0 saturated heterocycles. The minimum atomic E-state index is -0.710. The van der Waals surface area contributed by atoms with Crippen molar-refractivity contribution in [3.05, 3.63) is 57.0 Å². The highest BCUT2D eigenvalue weighted by atomic mass is 35.5. The van der Waals surface area contributed by atoms with E-state index >= 15 is 0 Å². The lowest BCUT2D eigenvalue weighted by Gasteiger charge is -2.09. The first-order chi connectivity index (χ1) is 13.3. The molecular weight excluding hydrogens is 393 g/mol. The van der Waals surface area contributed by atoms with Crippen molar-refractivity contribution in [3.8, 4) is 0 Å². The van der Waals surface area contributed by atoms with Gasteiger partial charge in [0.1, 0.15) is 35.4 Å². The second kappa shape index (κ2) is 7.81. The normalized spacial score (nSPS) is 10.9. The van der Waals surface area contributed by atoms with Crippen molar-refractivity contribution in [3.63, 3.8) is 0 Å². The zero-order chi connectivity index (χ0) is 20.4. The number of nitrogens with one attached hydrogen (secondary N) is 1. The number of ether oxygens (including phenoxy) is 1. The number of aryl methyl sites for hydroxylation is 1. The molecule has 0 unspecified atom stereocenters. The summed E-state index contributed by atoms with van der Waals surface area (Å²) in [5, 5.41) is 2.44. The predicted molar refractivity (Wildman–Crippen MR) is 99.0 cm³/mol. The number of halogens is 2. The highest BCUT2D eigenvalue weighted by molar-refractivity contribution is 6.33. The molecule has 0 spiro atoms. The third kappa shape index (κ3) is 3.74. The molecule has 0 bridgehead atoms. The van der Waals surface area contributed by atoms with Crippen molar-refractivity contribution in [1.82, 2.24) is 9.55 Å². The van der Waals surface area contributed by atoms with Crippen LogP contribution in [0.3, 0.4) is 0 Å². The Bertz CT molecular complexity index is 1140. The van der Waals surface area contributed by atoms with Gasteiger partial charge in [0.25, 0.3) is 5.56 Å². The van der Waals surface area contributed by atoms with Gasteiger partial charge in [-0.25, -0.2) is 14.2 Å². The molecule has 1 N–H and O–H groups in total. The molecule has 8 nitrogen and oxygen atoms in total. The fraction of sp³-hybridized carbons (Fsp3) is 0.222. The average molecular weight is 408 g/mol. The van der Waals surface area contributed by atoms with Gasteiger partial charge in [-0.1, -0.05) is 11.6 Å².